The van der Waals surface area contributed by atoms with Crippen LogP contribution in [-0.4, -0.2) is 47.8 Å². The van der Waals surface area contributed by atoms with Crippen molar-refractivity contribution in [3.05, 3.63) is 64.7 Å². The van der Waals surface area contributed by atoms with Crippen molar-refractivity contribution in [2.45, 2.75) is 18.5 Å². The Labute approximate surface area is 171 Å². The van der Waals surface area contributed by atoms with E-state index in [-0.39, 0.29) is 35.2 Å². The number of fused-ring (bicyclic) bond motifs is 3. The highest BCUT2D eigenvalue weighted by molar-refractivity contribution is 6.34. The van der Waals surface area contributed by atoms with Crippen molar-refractivity contribution < 1.29 is 23.9 Å². The number of amides is 2. The molecule has 2 amide bonds. The number of hydrogen-bond donors (Lipinski definition) is 0. The fraction of sp³-hybridized carbons (Fsp3) is 0.238. The Kier molecular flexibility index (Phi) is 4.62. The van der Waals surface area contributed by atoms with Gasteiger partial charge >= 0.3 is 5.97 Å². The van der Waals surface area contributed by atoms with E-state index in [9.17, 15) is 19.2 Å². The summed E-state index contributed by atoms with van der Waals surface area (Å²) in [6, 6.07) is 13.1. The van der Waals surface area contributed by atoms with E-state index in [0.717, 1.165) is 0 Å². The van der Waals surface area contributed by atoms with Crippen LogP contribution >= 0.6 is 11.6 Å². The topological polar surface area (TPSA) is 84.0 Å². The minimum atomic E-state index is -1.61. The fourth-order valence-electron chi connectivity index (χ4n) is 3.90. The number of benzene rings is 2. The Morgan fingerprint density at radius 1 is 1.10 bits per heavy atom. The predicted octanol–water partition coefficient (Wildman–Crippen LogP) is 2.67. The van der Waals surface area contributed by atoms with Gasteiger partial charge in [-0.1, -0.05) is 35.9 Å². The molecule has 7 nitrogen and oxygen atoms in total. The molecule has 0 spiro atoms. The van der Waals surface area contributed by atoms with Crippen LogP contribution in [0.3, 0.4) is 0 Å². The van der Waals surface area contributed by atoms with Gasteiger partial charge in [-0.3, -0.25) is 19.3 Å². The van der Waals surface area contributed by atoms with E-state index in [1.807, 2.05) is 0 Å². The second-order valence-electron chi connectivity index (χ2n) is 6.91. The molecular weight excluding hydrogens is 396 g/mol. The molecule has 29 heavy (non-hydrogen) atoms. The van der Waals surface area contributed by atoms with Gasteiger partial charge in [0.1, 0.15) is 0 Å². The van der Waals surface area contributed by atoms with Gasteiger partial charge in [-0.2, -0.15) is 0 Å². The number of ketones is 1. The van der Waals surface area contributed by atoms with Crippen molar-refractivity contribution in [2.75, 3.05) is 18.6 Å². The molecule has 4 rings (SSSR count). The number of esters is 1. The molecule has 2 aliphatic rings. The van der Waals surface area contributed by atoms with Crippen molar-refractivity contribution >= 4 is 40.9 Å². The van der Waals surface area contributed by atoms with Gasteiger partial charge < -0.3 is 9.64 Å². The molecule has 1 saturated heterocycles. The van der Waals surface area contributed by atoms with Crippen molar-refractivity contribution in [1.29, 1.82) is 0 Å². The summed E-state index contributed by atoms with van der Waals surface area (Å²) in [5.41, 5.74) is -0.672. The number of rotatable bonds is 4. The van der Waals surface area contributed by atoms with Crippen molar-refractivity contribution in [3.63, 3.8) is 0 Å². The molecule has 2 aromatic rings. The van der Waals surface area contributed by atoms with Gasteiger partial charge in [-0.25, -0.2) is 4.79 Å². The summed E-state index contributed by atoms with van der Waals surface area (Å²) in [5, 5.41) is 0.253. The Morgan fingerprint density at radius 2 is 1.79 bits per heavy atom. The van der Waals surface area contributed by atoms with Crippen LogP contribution in [0.2, 0.25) is 5.02 Å². The van der Waals surface area contributed by atoms with E-state index >= 15 is 0 Å². The second-order valence-corrected chi connectivity index (χ2v) is 7.31. The van der Waals surface area contributed by atoms with Crippen molar-refractivity contribution in [3.8, 4) is 0 Å². The summed E-state index contributed by atoms with van der Waals surface area (Å²) in [6.07, 6.45) is 0.168. The molecule has 0 bridgehead atoms. The average Bonchev–Trinajstić information content (AvgIpc) is 3.09. The third-order valence-corrected chi connectivity index (χ3v) is 5.71. The monoisotopic (exact) mass is 412 g/mol. The van der Waals surface area contributed by atoms with Crippen LogP contribution in [0.5, 0.6) is 0 Å². The molecule has 0 aromatic heterocycles. The molecule has 2 heterocycles. The maximum absolute atomic E-state index is 13.1. The summed E-state index contributed by atoms with van der Waals surface area (Å²) in [5.74, 6) is -1.97. The first-order valence-corrected chi connectivity index (χ1v) is 9.41. The largest absolute Gasteiger partial charge is 0.454 e. The molecule has 0 saturated carbocycles. The third kappa shape index (κ3) is 2.81. The van der Waals surface area contributed by atoms with Gasteiger partial charge in [-0.15, -0.1) is 0 Å². The van der Waals surface area contributed by atoms with Gasteiger partial charge in [0.2, 0.25) is 17.4 Å². The Balaban J connectivity index is 1.65. The van der Waals surface area contributed by atoms with Crippen molar-refractivity contribution in [2.24, 2.45) is 0 Å². The quantitative estimate of drug-likeness (QED) is 0.569. The van der Waals surface area contributed by atoms with E-state index in [2.05, 4.69) is 0 Å². The van der Waals surface area contributed by atoms with Gasteiger partial charge in [0.05, 0.1) is 16.3 Å². The first kappa shape index (κ1) is 19.1. The highest BCUT2D eigenvalue weighted by Gasteiger charge is 2.60. The highest BCUT2D eigenvalue weighted by atomic mass is 35.5. The molecule has 2 aromatic carbocycles. The highest BCUT2D eigenvalue weighted by Crippen LogP contribution is 2.44. The first-order chi connectivity index (χ1) is 13.9. The average molecular weight is 413 g/mol. The lowest BCUT2D eigenvalue weighted by atomic mass is 9.97. The smallest absolute Gasteiger partial charge is 0.354 e. The molecule has 148 valence electrons. The molecule has 0 N–H and O–H groups in total. The van der Waals surface area contributed by atoms with Crippen LogP contribution in [0.25, 0.3) is 0 Å². The van der Waals surface area contributed by atoms with Crippen LogP contribution < -0.4 is 4.90 Å². The van der Waals surface area contributed by atoms with Crippen molar-refractivity contribution in [1.82, 2.24) is 4.90 Å². The zero-order chi connectivity index (χ0) is 20.8. The number of ether oxygens (including phenoxy) is 1. The molecule has 1 fully saturated rings. The van der Waals surface area contributed by atoms with E-state index in [1.54, 1.807) is 42.5 Å². The normalized spacial score (nSPS) is 20.3. The predicted molar refractivity (Wildman–Crippen MR) is 105 cm³/mol. The molecule has 0 aliphatic carbocycles. The first-order valence-electron chi connectivity index (χ1n) is 9.03. The molecule has 1 atom stereocenters. The SMILES string of the molecule is CN1C(=O)c2ccccc2N2C(=O)CC[C@@]12C(=O)OCC(=O)c1ccccc1Cl. The maximum atomic E-state index is 13.1. The maximum Gasteiger partial charge on any atom is 0.354 e. The van der Waals surface area contributed by atoms with Gasteiger partial charge in [0.15, 0.2) is 6.61 Å². The van der Waals surface area contributed by atoms with Gasteiger partial charge in [0.25, 0.3) is 5.91 Å². The Morgan fingerprint density at radius 3 is 2.55 bits per heavy atom. The summed E-state index contributed by atoms with van der Waals surface area (Å²) in [4.78, 5) is 53.6. The molecule has 0 unspecified atom stereocenters. The van der Waals surface area contributed by atoms with Gasteiger partial charge in [-0.05, 0) is 24.3 Å². The zero-order valence-corrected chi connectivity index (χ0v) is 16.3. The van der Waals surface area contributed by atoms with E-state index in [4.69, 9.17) is 16.3 Å². The van der Waals surface area contributed by atoms with E-state index in [0.29, 0.717) is 11.3 Å². The Bertz CT molecular complexity index is 1050. The number of carbonyl (C=O) groups excluding carboxylic acids is 4. The number of para-hydroxylation sites is 1. The van der Waals surface area contributed by atoms with Crippen LogP contribution in [-0.2, 0) is 14.3 Å². The lowest BCUT2D eigenvalue weighted by molar-refractivity contribution is -0.155. The third-order valence-electron chi connectivity index (χ3n) is 5.38. The second kappa shape index (κ2) is 7.00. The number of hydrogen-bond acceptors (Lipinski definition) is 5. The van der Waals surface area contributed by atoms with Crippen LogP contribution in [0.15, 0.2) is 48.5 Å². The van der Waals surface area contributed by atoms with E-state index in [1.165, 1.54) is 22.9 Å². The molecule has 2 aliphatic heterocycles. The summed E-state index contributed by atoms with van der Waals surface area (Å²) >= 11 is 6.02. The lowest BCUT2D eigenvalue weighted by Gasteiger charge is -2.46. The van der Waals surface area contributed by atoms with Crippen LogP contribution in [0, 0.1) is 0 Å². The minimum absolute atomic E-state index is 0.0829. The van der Waals surface area contributed by atoms with E-state index < -0.39 is 24.0 Å². The number of anilines is 1. The molecule has 0 radical (unpaired) electrons. The number of Topliss-reactive ketones (excluding diaryl/α,β-unsaturated/α-hetero) is 1. The number of halogens is 1. The summed E-state index contributed by atoms with van der Waals surface area (Å²) in [6.45, 7) is -0.546. The number of carbonyl (C=O) groups is 4. The fourth-order valence-corrected chi connectivity index (χ4v) is 4.14. The zero-order valence-electron chi connectivity index (χ0n) is 15.6. The summed E-state index contributed by atoms with van der Waals surface area (Å²) in [7, 11) is 1.46. The molecule has 8 heteroatoms. The lowest BCUT2D eigenvalue weighted by Crippen LogP contribution is -2.67. The van der Waals surface area contributed by atoms with Gasteiger partial charge in [0, 0.05) is 25.5 Å². The minimum Gasteiger partial charge on any atom is -0.454 e. The molecular formula is C21H17ClN2O5. The van der Waals surface area contributed by atoms with Crippen LogP contribution in [0.4, 0.5) is 5.69 Å². The van der Waals surface area contributed by atoms with Crippen LogP contribution in [0.1, 0.15) is 33.6 Å². The summed E-state index contributed by atoms with van der Waals surface area (Å²) < 4.78 is 5.30. The number of likely N-dealkylation sites (N-methyl/N-ethyl adjacent to an activating group) is 1. The Hall–Kier alpha value is -3.19. The number of nitrogens with zero attached hydrogens (tertiary/aromatic N) is 2. The standard InChI is InChI=1S/C21H17ClN2O5/c1-23-19(27)14-7-3-5-9-16(14)24-18(26)10-11-21(23,24)20(28)29-12-17(25)13-6-2-4-8-15(13)22/h2-9H,10-12H2,1H3/t21-/m1/s1.